The van der Waals surface area contributed by atoms with Crippen LogP contribution in [0.5, 0.6) is 5.75 Å². The van der Waals surface area contributed by atoms with E-state index in [-0.39, 0.29) is 29.9 Å². The van der Waals surface area contributed by atoms with E-state index in [9.17, 15) is 14.0 Å². The summed E-state index contributed by atoms with van der Waals surface area (Å²) in [7, 11) is 1.50. The van der Waals surface area contributed by atoms with E-state index in [1.807, 2.05) is 18.2 Å². The maximum atomic E-state index is 14.1. The molecule has 0 bridgehead atoms. The maximum Gasteiger partial charge on any atom is 0.257 e. The molecule has 0 N–H and O–H groups in total. The van der Waals surface area contributed by atoms with Gasteiger partial charge in [0, 0.05) is 37.6 Å². The largest absolute Gasteiger partial charge is 0.497 e. The Hall–Kier alpha value is -2.93. The van der Waals surface area contributed by atoms with Crippen molar-refractivity contribution in [3.8, 4) is 5.75 Å². The Bertz CT molecular complexity index is 1000. The molecule has 2 aromatic carbocycles. The van der Waals surface area contributed by atoms with Crippen molar-refractivity contribution in [2.75, 3.05) is 20.2 Å². The second-order valence-corrected chi connectivity index (χ2v) is 8.45. The Morgan fingerprint density at radius 1 is 1.13 bits per heavy atom. The zero-order valence-electron chi connectivity index (χ0n) is 17.4. The molecule has 1 spiro atoms. The predicted molar refractivity (Wildman–Crippen MR) is 111 cm³/mol. The van der Waals surface area contributed by atoms with E-state index in [0.717, 1.165) is 12.0 Å². The molecular formula is C24H25FN2O4. The molecule has 31 heavy (non-hydrogen) atoms. The average Bonchev–Trinajstić information content (AvgIpc) is 3.32. The van der Waals surface area contributed by atoms with Crippen LogP contribution in [0.1, 0.15) is 47.6 Å². The van der Waals surface area contributed by atoms with Crippen LogP contribution < -0.4 is 4.74 Å². The van der Waals surface area contributed by atoms with Crippen LogP contribution in [0.25, 0.3) is 0 Å². The fourth-order valence-corrected chi connectivity index (χ4v) is 5.10. The summed E-state index contributed by atoms with van der Waals surface area (Å²) in [5, 5.41) is 0. The molecule has 2 aromatic rings. The van der Waals surface area contributed by atoms with Crippen molar-refractivity contribution in [1.29, 1.82) is 0 Å². The highest BCUT2D eigenvalue weighted by molar-refractivity contribution is 5.95. The second kappa shape index (κ2) is 7.64. The number of carbonyl (C=O) groups is 2. The number of amides is 2. The number of nitrogens with zero attached hydrogens (tertiary/aromatic N) is 2. The third kappa shape index (κ3) is 3.37. The number of benzene rings is 2. The van der Waals surface area contributed by atoms with E-state index in [4.69, 9.17) is 9.47 Å². The molecule has 0 aromatic heterocycles. The van der Waals surface area contributed by atoms with Gasteiger partial charge in [-0.3, -0.25) is 9.59 Å². The first-order valence-corrected chi connectivity index (χ1v) is 10.7. The van der Waals surface area contributed by atoms with E-state index in [0.29, 0.717) is 43.7 Å². The highest BCUT2D eigenvalue weighted by Gasteiger charge is 2.58. The summed E-state index contributed by atoms with van der Waals surface area (Å²) in [6, 6.07) is 13.5. The summed E-state index contributed by atoms with van der Waals surface area (Å²) in [6.45, 7) is 0.941. The number of hydrogen-bond donors (Lipinski definition) is 0. The van der Waals surface area contributed by atoms with Crippen molar-refractivity contribution < 1.29 is 23.5 Å². The zero-order valence-corrected chi connectivity index (χ0v) is 17.4. The molecule has 3 aliphatic rings. The van der Waals surface area contributed by atoms with E-state index >= 15 is 0 Å². The monoisotopic (exact) mass is 424 g/mol. The topological polar surface area (TPSA) is 59.1 Å². The third-order valence-electron chi connectivity index (χ3n) is 6.71. The molecule has 2 atom stereocenters. The van der Waals surface area contributed by atoms with E-state index in [1.54, 1.807) is 28.0 Å². The van der Waals surface area contributed by atoms with Crippen LogP contribution in [0.3, 0.4) is 0 Å². The molecule has 7 heteroatoms. The highest BCUT2D eigenvalue weighted by Crippen LogP contribution is 2.48. The van der Waals surface area contributed by atoms with Crippen molar-refractivity contribution >= 4 is 11.8 Å². The Kier molecular flexibility index (Phi) is 4.93. The number of rotatable bonds is 3. The number of likely N-dealkylation sites (tertiary alicyclic amines) is 1. The van der Waals surface area contributed by atoms with Crippen molar-refractivity contribution in [3.63, 3.8) is 0 Å². The summed E-state index contributed by atoms with van der Waals surface area (Å²) < 4.78 is 25.6. The van der Waals surface area contributed by atoms with Gasteiger partial charge in [0.1, 0.15) is 17.8 Å². The van der Waals surface area contributed by atoms with Gasteiger partial charge in [0.15, 0.2) is 5.60 Å². The molecule has 0 radical (unpaired) electrons. The van der Waals surface area contributed by atoms with Crippen LogP contribution in [0, 0.1) is 5.82 Å². The molecule has 3 heterocycles. The number of piperidine rings is 1. The fraction of sp³-hybridized carbons (Fsp3) is 0.417. The number of hydrogen-bond acceptors (Lipinski definition) is 4. The molecule has 5 rings (SSSR count). The second-order valence-electron chi connectivity index (χ2n) is 8.45. The van der Waals surface area contributed by atoms with Crippen molar-refractivity contribution in [2.45, 2.75) is 43.6 Å². The Balaban J connectivity index is 1.32. The number of methoxy groups -OCH3 is 1. The van der Waals surface area contributed by atoms with Crippen molar-refractivity contribution in [1.82, 2.24) is 9.80 Å². The van der Waals surface area contributed by atoms with Crippen LogP contribution in [-0.4, -0.2) is 53.6 Å². The van der Waals surface area contributed by atoms with Crippen LogP contribution >= 0.6 is 0 Å². The van der Waals surface area contributed by atoms with Crippen molar-refractivity contribution in [3.05, 3.63) is 65.5 Å². The molecule has 3 saturated heterocycles. The lowest BCUT2D eigenvalue weighted by Crippen LogP contribution is -2.51. The molecule has 6 nitrogen and oxygen atoms in total. The molecule has 2 unspecified atom stereocenters. The highest BCUT2D eigenvalue weighted by atomic mass is 19.1. The lowest BCUT2D eigenvalue weighted by atomic mass is 9.89. The van der Waals surface area contributed by atoms with Gasteiger partial charge in [-0.15, -0.1) is 0 Å². The van der Waals surface area contributed by atoms with Gasteiger partial charge in [-0.2, -0.15) is 0 Å². The Morgan fingerprint density at radius 3 is 2.58 bits per heavy atom. The minimum atomic E-state index is -0.895. The van der Waals surface area contributed by atoms with Gasteiger partial charge in [-0.05, 0) is 42.7 Å². The van der Waals surface area contributed by atoms with Gasteiger partial charge in [0.05, 0.1) is 13.2 Å². The van der Waals surface area contributed by atoms with Gasteiger partial charge >= 0.3 is 0 Å². The quantitative estimate of drug-likeness (QED) is 0.757. The van der Waals surface area contributed by atoms with Crippen molar-refractivity contribution in [2.24, 2.45) is 0 Å². The lowest BCUT2D eigenvalue weighted by molar-refractivity contribution is -0.142. The zero-order chi connectivity index (χ0) is 21.6. The lowest BCUT2D eigenvalue weighted by Gasteiger charge is -2.37. The molecule has 3 aliphatic heterocycles. The molecular weight excluding hydrogens is 399 g/mol. The first-order valence-electron chi connectivity index (χ1n) is 10.7. The number of carbonyl (C=O) groups excluding carboxylic acids is 2. The van der Waals surface area contributed by atoms with E-state index in [1.165, 1.54) is 19.2 Å². The van der Waals surface area contributed by atoms with Crippen LogP contribution in [0.15, 0.2) is 48.5 Å². The van der Waals surface area contributed by atoms with Gasteiger partial charge in [0.25, 0.3) is 11.8 Å². The average molecular weight is 424 g/mol. The fourth-order valence-electron chi connectivity index (χ4n) is 5.10. The van der Waals surface area contributed by atoms with Gasteiger partial charge in [0.2, 0.25) is 0 Å². The predicted octanol–water partition coefficient (Wildman–Crippen LogP) is 3.53. The normalized spacial score (nSPS) is 24.5. The smallest absolute Gasteiger partial charge is 0.257 e. The van der Waals surface area contributed by atoms with E-state index in [2.05, 4.69) is 0 Å². The minimum absolute atomic E-state index is 0.0221. The SMILES string of the molecule is COc1cc(F)cc(C2CCC3OC4(CCN(C(=O)c5ccccc5)CC4)C(=O)N32)c1. The molecule has 3 fully saturated rings. The molecule has 162 valence electrons. The van der Waals surface area contributed by atoms with Crippen LogP contribution in [0.4, 0.5) is 4.39 Å². The van der Waals surface area contributed by atoms with E-state index < -0.39 is 5.60 Å². The Labute approximate surface area is 180 Å². The first kappa shape index (κ1) is 20.0. The molecule has 2 amide bonds. The number of fused-ring (bicyclic) bond motifs is 1. The minimum Gasteiger partial charge on any atom is -0.497 e. The molecule has 0 saturated carbocycles. The summed E-state index contributed by atoms with van der Waals surface area (Å²) in [4.78, 5) is 29.8. The molecule has 0 aliphatic carbocycles. The first-order chi connectivity index (χ1) is 15.0. The maximum absolute atomic E-state index is 14.1. The summed E-state index contributed by atoms with van der Waals surface area (Å²) >= 11 is 0. The summed E-state index contributed by atoms with van der Waals surface area (Å²) in [5.41, 5.74) is 0.483. The van der Waals surface area contributed by atoms with Gasteiger partial charge < -0.3 is 19.3 Å². The summed E-state index contributed by atoms with van der Waals surface area (Å²) in [6.07, 6.45) is 2.07. The van der Waals surface area contributed by atoms with Gasteiger partial charge in [-0.1, -0.05) is 18.2 Å². The third-order valence-corrected chi connectivity index (χ3v) is 6.71. The summed E-state index contributed by atoms with van der Waals surface area (Å²) in [5.74, 6) is -0.0116. The number of halogens is 1. The Morgan fingerprint density at radius 2 is 1.87 bits per heavy atom. The van der Waals surface area contributed by atoms with Crippen LogP contribution in [0.2, 0.25) is 0 Å². The van der Waals surface area contributed by atoms with Gasteiger partial charge in [-0.25, -0.2) is 4.39 Å². The standard InChI is InChI=1S/C24H25FN2O4/c1-30-19-14-17(13-18(25)15-19)20-7-8-21-27(20)23(29)24(31-21)9-11-26(12-10-24)22(28)16-5-3-2-4-6-16/h2-6,13-15,20-21H,7-12H2,1H3. The van der Waals surface area contributed by atoms with Crippen LogP contribution in [-0.2, 0) is 9.53 Å². The number of ether oxygens (including phenoxy) is 2.